The van der Waals surface area contributed by atoms with Crippen LogP contribution in [0.1, 0.15) is 28.5 Å². The topological polar surface area (TPSA) is 73.3 Å². The first-order valence-corrected chi connectivity index (χ1v) is 10.8. The summed E-state index contributed by atoms with van der Waals surface area (Å²) in [6.45, 7) is 0.535. The highest BCUT2D eigenvalue weighted by Gasteiger charge is 2.24. The number of benzene rings is 2. The second-order valence-corrected chi connectivity index (χ2v) is 7.48. The normalized spacial score (nSPS) is 14.0. The highest BCUT2D eigenvalue weighted by atomic mass is 19.1. The number of nitrogens with one attached hydrogen (secondary N) is 1. The van der Waals surface area contributed by atoms with Gasteiger partial charge in [-0.15, -0.1) is 0 Å². The molecule has 1 N–H and O–H groups in total. The van der Waals surface area contributed by atoms with E-state index in [9.17, 15) is 9.18 Å². The molecule has 1 aliphatic rings. The number of methoxy groups -OCH3 is 1. The van der Waals surface area contributed by atoms with Gasteiger partial charge in [-0.2, -0.15) is 0 Å². The summed E-state index contributed by atoms with van der Waals surface area (Å²) in [7, 11) is 1.63. The predicted molar refractivity (Wildman–Crippen MR) is 127 cm³/mol. The SMILES string of the molecule is COc1ncccc1-c1ccccc1.O=C(NC1CCOc2cccnc21)c1ccc(F)cc1. The van der Waals surface area contributed by atoms with Crippen molar-refractivity contribution in [2.75, 3.05) is 13.7 Å². The van der Waals surface area contributed by atoms with Crippen LogP contribution in [0.3, 0.4) is 0 Å². The number of amides is 1. The van der Waals surface area contributed by atoms with Crippen LogP contribution in [-0.4, -0.2) is 29.6 Å². The number of ether oxygens (including phenoxy) is 2. The van der Waals surface area contributed by atoms with E-state index in [1.165, 1.54) is 24.3 Å². The van der Waals surface area contributed by atoms with E-state index in [1.54, 1.807) is 25.6 Å². The van der Waals surface area contributed by atoms with Gasteiger partial charge in [-0.3, -0.25) is 9.78 Å². The number of carbonyl (C=O) groups excluding carboxylic acids is 1. The number of fused-ring (bicyclic) bond motifs is 1. The van der Waals surface area contributed by atoms with Crippen LogP contribution in [0, 0.1) is 5.82 Å². The van der Waals surface area contributed by atoms with Crippen LogP contribution in [0.2, 0.25) is 0 Å². The van der Waals surface area contributed by atoms with E-state index in [4.69, 9.17) is 9.47 Å². The second kappa shape index (κ2) is 11.0. The molecule has 3 heterocycles. The fourth-order valence-electron chi connectivity index (χ4n) is 3.58. The number of hydrogen-bond acceptors (Lipinski definition) is 5. The third-order valence-electron chi connectivity index (χ3n) is 5.25. The first kappa shape index (κ1) is 22.9. The lowest BCUT2D eigenvalue weighted by molar-refractivity contribution is 0.0923. The minimum absolute atomic E-state index is 0.183. The Morgan fingerprint density at radius 2 is 1.71 bits per heavy atom. The standard InChI is InChI=1S/C15H13FN2O2.C12H11NO/c16-11-5-3-10(4-6-11)15(19)18-12-7-9-20-13-2-1-8-17-14(12)13;1-14-12-11(8-5-9-13-12)10-6-3-2-4-7-10/h1-6,8,12H,7,9H2,(H,18,19);2-9H,1H3. The Morgan fingerprint density at radius 1 is 0.971 bits per heavy atom. The van der Waals surface area contributed by atoms with Crippen LogP contribution in [0.15, 0.2) is 91.3 Å². The molecule has 2 aromatic heterocycles. The Bertz CT molecular complexity index is 1230. The monoisotopic (exact) mass is 457 g/mol. The molecule has 2 aromatic carbocycles. The van der Waals surface area contributed by atoms with E-state index in [1.807, 2.05) is 48.5 Å². The fourth-order valence-corrected chi connectivity index (χ4v) is 3.58. The average molecular weight is 458 g/mol. The number of pyridine rings is 2. The molecular formula is C27H24FN3O3. The minimum atomic E-state index is -0.361. The molecule has 1 unspecified atom stereocenters. The molecule has 7 heteroatoms. The quantitative estimate of drug-likeness (QED) is 0.454. The Morgan fingerprint density at radius 3 is 2.47 bits per heavy atom. The summed E-state index contributed by atoms with van der Waals surface area (Å²) >= 11 is 0. The molecule has 0 radical (unpaired) electrons. The molecule has 172 valence electrons. The Kier molecular flexibility index (Phi) is 7.45. The summed E-state index contributed by atoms with van der Waals surface area (Å²) in [5.41, 5.74) is 3.30. The molecule has 1 amide bonds. The van der Waals surface area contributed by atoms with Crippen molar-refractivity contribution >= 4 is 5.91 Å². The number of aromatic nitrogens is 2. The number of halogens is 1. The fraction of sp³-hybridized carbons (Fsp3) is 0.148. The van der Waals surface area contributed by atoms with Crippen molar-refractivity contribution in [3.05, 3.63) is 108 Å². The maximum absolute atomic E-state index is 12.8. The molecule has 0 saturated carbocycles. The van der Waals surface area contributed by atoms with Crippen molar-refractivity contribution in [1.82, 2.24) is 15.3 Å². The summed E-state index contributed by atoms with van der Waals surface area (Å²) < 4.78 is 23.5. The number of hydrogen-bond donors (Lipinski definition) is 1. The van der Waals surface area contributed by atoms with Crippen molar-refractivity contribution in [1.29, 1.82) is 0 Å². The summed E-state index contributed by atoms with van der Waals surface area (Å²) in [6, 6.07) is 22.9. The van der Waals surface area contributed by atoms with Gasteiger partial charge < -0.3 is 14.8 Å². The van der Waals surface area contributed by atoms with Gasteiger partial charge in [0.2, 0.25) is 5.88 Å². The average Bonchev–Trinajstić information content (AvgIpc) is 2.90. The molecule has 5 rings (SSSR count). The van der Waals surface area contributed by atoms with Crippen LogP contribution in [0.25, 0.3) is 11.1 Å². The molecule has 6 nitrogen and oxygen atoms in total. The number of nitrogens with zero attached hydrogens (tertiary/aromatic N) is 2. The third-order valence-corrected chi connectivity index (χ3v) is 5.25. The zero-order valence-corrected chi connectivity index (χ0v) is 18.6. The number of rotatable bonds is 4. The molecule has 0 spiro atoms. The van der Waals surface area contributed by atoms with Gasteiger partial charge in [-0.1, -0.05) is 30.3 Å². The van der Waals surface area contributed by atoms with Gasteiger partial charge in [0.25, 0.3) is 5.91 Å². The molecule has 34 heavy (non-hydrogen) atoms. The highest BCUT2D eigenvalue weighted by molar-refractivity contribution is 5.94. The van der Waals surface area contributed by atoms with Gasteiger partial charge in [0.05, 0.1) is 19.8 Å². The van der Waals surface area contributed by atoms with Crippen LogP contribution in [0.5, 0.6) is 11.6 Å². The molecule has 0 saturated heterocycles. The smallest absolute Gasteiger partial charge is 0.251 e. The second-order valence-electron chi connectivity index (χ2n) is 7.48. The van der Waals surface area contributed by atoms with Crippen LogP contribution in [0.4, 0.5) is 4.39 Å². The van der Waals surface area contributed by atoms with Crippen molar-refractivity contribution < 1.29 is 18.7 Å². The molecule has 1 atom stereocenters. The maximum atomic E-state index is 12.8. The van der Waals surface area contributed by atoms with Gasteiger partial charge in [0.15, 0.2) is 0 Å². The minimum Gasteiger partial charge on any atom is -0.491 e. The highest BCUT2D eigenvalue weighted by Crippen LogP contribution is 2.30. The predicted octanol–water partition coefficient (Wildman–Crippen LogP) is 5.23. The van der Waals surface area contributed by atoms with Gasteiger partial charge in [0, 0.05) is 29.9 Å². The van der Waals surface area contributed by atoms with Gasteiger partial charge in [-0.25, -0.2) is 9.37 Å². The van der Waals surface area contributed by atoms with Gasteiger partial charge in [0.1, 0.15) is 17.3 Å². The third kappa shape index (κ3) is 5.56. The zero-order valence-electron chi connectivity index (χ0n) is 18.6. The van der Waals surface area contributed by atoms with Crippen molar-refractivity contribution in [3.8, 4) is 22.8 Å². The Balaban J connectivity index is 0.000000172. The van der Waals surface area contributed by atoms with E-state index in [0.29, 0.717) is 30.2 Å². The molecule has 0 fully saturated rings. The summed E-state index contributed by atoms with van der Waals surface area (Å²) in [4.78, 5) is 20.5. The van der Waals surface area contributed by atoms with E-state index in [0.717, 1.165) is 16.8 Å². The molecule has 0 aliphatic carbocycles. The first-order chi connectivity index (χ1) is 16.7. The Labute approximate surface area is 197 Å². The molecule has 1 aliphatic heterocycles. The molecule has 0 bridgehead atoms. The zero-order chi connectivity index (χ0) is 23.8. The van der Waals surface area contributed by atoms with E-state index in [-0.39, 0.29) is 17.8 Å². The maximum Gasteiger partial charge on any atom is 0.251 e. The van der Waals surface area contributed by atoms with Crippen LogP contribution in [-0.2, 0) is 0 Å². The molecular weight excluding hydrogens is 433 g/mol. The largest absolute Gasteiger partial charge is 0.491 e. The summed E-state index contributed by atoms with van der Waals surface area (Å²) in [5.74, 6) is 0.759. The number of carbonyl (C=O) groups is 1. The van der Waals surface area contributed by atoms with Crippen LogP contribution >= 0.6 is 0 Å². The van der Waals surface area contributed by atoms with Gasteiger partial charge in [-0.05, 0) is 54.1 Å². The van der Waals surface area contributed by atoms with Crippen molar-refractivity contribution in [2.24, 2.45) is 0 Å². The van der Waals surface area contributed by atoms with Crippen molar-refractivity contribution in [3.63, 3.8) is 0 Å². The lowest BCUT2D eigenvalue weighted by Gasteiger charge is -2.25. The van der Waals surface area contributed by atoms with E-state index in [2.05, 4.69) is 15.3 Å². The summed E-state index contributed by atoms with van der Waals surface area (Å²) in [5, 5.41) is 2.91. The van der Waals surface area contributed by atoms with Crippen LogP contribution < -0.4 is 14.8 Å². The Hall–Kier alpha value is -4.26. The van der Waals surface area contributed by atoms with E-state index >= 15 is 0 Å². The van der Waals surface area contributed by atoms with Gasteiger partial charge >= 0.3 is 0 Å². The first-order valence-electron chi connectivity index (χ1n) is 10.8. The lowest BCUT2D eigenvalue weighted by atomic mass is 10.1. The summed E-state index contributed by atoms with van der Waals surface area (Å²) in [6.07, 6.45) is 4.06. The molecule has 4 aromatic rings. The lowest BCUT2D eigenvalue weighted by Crippen LogP contribution is -2.32. The van der Waals surface area contributed by atoms with Crippen molar-refractivity contribution in [2.45, 2.75) is 12.5 Å². The van der Waals surface area contributed by atoms with E-state index < -0.39 is 0 Å².